The van der Waals surface area contributed by atoms with Gasteiger partial charge in [-0.05, 0) is 63.6 Å². The fourth-order valence-electron chi connectivity index (χ4n) is 4.76. The fraction of sp³-hybridized carbons (Fsp3) is 0.385. The minimum absolute atomic E-state index is 0.0169. The van der Waals surface area contributed by atoms with Crippen molar-refractivity contribution in [2.75, 3.05) is 4.90 Å². The molecular weight excluding hydrogens is 458 g/mol. The Labute approximate surface area is 208 Å². The second-order valence-corrected chi connectivity index (χ2v) is 9.73. The van der Waals surface area contributed by atoms with Gasteiger partial charge in [0, 0.05) is 36.6 Å². The highest BCUT2D eigenvalue weighted by Gasteiger charge is 2.34. The molecule has 5 rings (SSSR count). The zero-order valence-corrected chi connectivity index (χ0v) is 20.6. The lowest BCUT2D eigenvalue weighted by molar-refractivity contribution is -0.124. The first-order chi connectivity index (χ1) is 17.3. The van der Waals surface area contributed by atoms with E-state index in [0.29, 0.717) is 28.6 Å². The molecule has 1 aliphatic rings. The van der Waals surface area contributed by atoms with Crippen LogP contribution in [-0.4, -0.2) is 52.4 Å². The molecule has 10 heteroatoms. The van der Waals surface area contributed by atoms with Crippen molar-refractivity contribution in [3.8, 4) is 17.1 Å². The molecule has 1 saturated carbocycles. The van der Waals surface area contributed by atoms with Crippen molar-refractivity contribution in [1.29, 1.82) is 0 Å². The van der Waals surface area contributed by atoms with Crippen LogP contribution >= 0.6 is 0 Å². The summed E-state index contributed by atoms with van der Waals surface area (Å²) in [5.74, 6) is -0.525. The summed E-state index contributed by atoms with van der Waals surface area (Å²) in [6, 6.07) is 7.01. The second kappa shape index (κ2) is 9.52. The number of fused-ring (bicyclic) bond motifs is 1. The van der Waals surface area contributed by atoms with Crippen LogP contribution in [0.25, 0.3) is 22.7 Å². The number of hydrogen-bond donors (Lipinski definition) is 1. The first-order valence-electron chi connectivity index (χ1n) is 12.2. The number of pyridine rings is 1. The Bertz CT molecular complexity index is 1370. The molecule has 0 radical (unpaired) electrons. The molecular formula is C26H29N7O3. The number of carbonyl (C=O) groups is 2. The number of aromatic nitrogens is 6. The van der Waals surface area contributed by atoms with Crippen LogP contribution in [0.1, 0.15) is 56.8 Å². The number of carboxylic acid groups (broad SMARTS) is 1. The van der Waals surface area contributed by atoms with Crippen LogP contribution in [0.2, 0.25) is 0 Å². The third-order valence-corrected chi connectivity index (χ3v) is 6.78. The third kappa shape index (κ3) is 4.46. The Hall–Kier alpha value is -4.08. The average molecular weight is 488 g/mol. The fourth-order valence-corrected chi connectivity index (χ4v) is 4.76. The number of nitrogens with zero attached hydrogens (tertiary/aromatic N) is 7. The summed E-state index contributed by atoms with van der Waals surface area (Å²) < 4.78 is 3.14. The van der Waals surface area contributed by atoms with E-state index in [-0.39, 0.29) is 29.2 Å². The molecule has 1 fully saturated rings. The van der Waals surface area contributed by atoms with Crippen molar-refractivity contribution in [1.82, 2.24) is 29.4 Å². The van der Waals surface area contributed by atoms with Crippen LogP contribution < -0.4 is 4.90 Å². The molecule has 0 spiro atoms. The third-order valence-electron chi connectivity index (χ3n) is 6.78. The number of anilines is 1. The minimum Gasteiger partial charge on any atom is -0.477 e. The molecule has 0 saturated heterocycles. The Morgan fingerprint density at radius 3 is 2.50 bits per heavy atom. The number of carboxylic acids is 1. The first kappa shape index (κ1) is 23.7. The van der Waals surface area contributed by atoms with Gasteiger partial charge < -0.3 is 5.11 Å². The van der Waals surface area contributed by atoms with E-state index in [0.717, 1.165) is 25.7 Å². The van der Waals surface area contributed by atoms with Gasteiger partial charge in [-0.3, -0.25) is 14.7 Å². The molecule has 36 heavy (non-hydrogen) atoms. The molecule has 0 unspecified atom stereocenters. The van der Waals surface area contributed by atoms with Gasteiger partial charge in [-0.2, -0.15) is 5.10 Å². The van der Waals surface area contributed by atoms with E-state index in [1.54, 1.807) is 40.0 Å². The maximum absolute atomic E-state index is 13.5. The van der Waals surface area contributed by atoms with E-state index >= 15 is 0 Å². The topological polar surface area (TPSA) is 119 Å². The van der Waals surface area contributed by atoms with Gasteiger partial charge in [0.05, 0.1) is 17.6 Å². The average Bonchev–Trinajstić information content (AvgIpc) is 3.49. The maximum atomic E-state index is 13.5. The zero-order chi connectivity index (χ0) is 25.4. The van der Waals surface area contributed by atoms with Gasteiger partial charge in [0.1, 0.15) is 11.3 Å². The van der Waals surface area contributed by atoms with Crippen molar-refractivity contribution in [3.63, 3.8) is 0 Å². The molecule has 1 aliphatic carbocycles. The molecule has 4 aromatic rings. The van der Waals surface area contributed by atoms with Crippen molar-refractivity contribution >= 4 is 23.3 Å². The predicted molar refractivity (Wildman–Crippen MR) is 134 cm³/mol. The molecule has 4 heterocycles. The minimum atomic E-state index is -1.13. The van der Waals surface area contributed by atoms with Crippen LogP contribution in [0.3, 0.4) is 0 Å². The molecule has 0 aliphatic heterocycles. The number of hydrogen-bond acceptors (Lipinski definition) is 6. The normalized spacial score (nSPS) is 18.0. The molecule has 1 N–H and O–H groups in total. The van der Waals surface area contributed by atoms with Gasteiger partial charge in [-0.25, -0.2) is 19.0 Å². The quantitative estimate of drug-likeness (QED) is 0.432. The van der Waals surface area contributed by atoms with Gasteiger partial charge in [0.15, 0.2) is 11.5 Å². The van der Waals surface area contributed by atoms with E-state index in [2.05, 4.69) is 27.1 Å². The standard InChI is InChI=1S/C26H29N7O3/c1-16(2)33(25(34)18-7-5-17(3)6-8-18)24-20(26(35)36)15-32(30-24)19-9-10-21(28-14-19)22-13-23-27-11-4-12-31(23)29-22/h4,9-18H,5-8H2,1-3H3,(H,35,36). The number of rotatable bonds is 6. The van der Waals surface area contributed by atoms with Crippen LogP contribution in [0.5, 0.6) is 0 Å². The van der Waals surface area contributed by atoms with Crippen LogP contribution in [-0.2, 0) is 4.79 Å². The van der Waals surface area contributed by atoms with Gasteiger partial charge in [-0.15, -0.1) is 5.10 Å². The Balaban J connectivity index is 1.46. The van der Waals surface area contributed by atoms with Crippen molar-refractivity contribution in [2.24, 2.45) is 11.8 Å². The van der Waals surface area contributed by atoms with E-state index < -0.39 is 5.97 Å². The van der Waals surface area contributed by atoms with Crippen LogP contribution in [0.4, 0.5) is 5.82 Å². The van der Waals surface area contributed by atoms with Gasteiger partial charge in [0.25, 0.3) is 0 Å². The van der Waals surface area contributed by atoms with Crippen LogP contribution in [0.15, 0.2) is 49.1 Å². The highest BCUT2D eigenvalue weighted by atomic mass is 16.4. The smallest absolute Gasteiger partial charge is 0.341 e. The van der Waals surface area contributed by atoms with Crippen LogP contribution in [0, 0.1) is 11.8 Å². The van der Waals surface area contributed by atoms with Gasteiger partial charge >= 0.3 is 5.97 Å². The van der Waals surface area contributed by atoms with Crippen molar-refractivity contribution in [3.05, 3.63) is 54.6 Å². The molecule has 186 valence electrons. The molecule has 0 bridgehead atoms. The molecule has 10 nitrogen and oxygen atoms in total. The Kier molecular flexibility index (Phi) is 6.26. The van der Waals surface area contributed by atoms with Crippen molar-refractivity contribution < 1.29 is 14.7 Å². The summed E-state index contributed by atoms with van der Waals surface area (Å²) in [5.41, 5.74) is 2.60. The first-order valence-corrected chi connectivity index (χ1v) is 12.2. The lowest BCUT2D eigenvalue weighted by Crippen LogP contribution is -2.43. The van der Waals surface area contributed by atoms with Gasteiger partial charge in [-0.1, -0.05) is 6.92 Å². The summed E-state index contributed by atoms with van der Waals surface area (Å²) in [6.45, 7) is 5.97. The summed E-state index contributed by atoms with van der Waals surface area (Å²) in [7, 11) is 0. The second-order valence-electron chi connectivity index (χ2n) is 9.73. The van der Waals surface area contributed by atoms with E-state index in [1.165, 1.54) is 10.9 Å². The summed E-state index contributed by atoms with van der Waals surface area (Å²) in [6.07, 6.45) is 10.2. The van der Waals surface area contributed by atoms with Gasteiger partial charge in [0.2, 0.25) is 5.91 Å². The van der Waals surface area contributed by atoms with E-state index in [9.17, 15) is 14.7 Å². The summed E-state index contributed by atoms with van der Waals surface area (Å²) >= 11 is 0. The maximum Gasteiger partial charge on any atom is 0.341 e. The molecule has 0 aromatic carbocycles. The lowest BCUT2D eigenvalue weighted by atomic mass is 9.82. The Morgan fingerprint density at radius 1 is 1.08 bits per heavy atom. The molecule has 0 atom stereocenters. The number of carbonyl (C=O) groups excluding carboxylic acids is 1. The SMILES string of the molecule is CC1CCC(C(=O)N(c2nn(-c3ccc(-c4cc5ncccn5n4)nc3)cc2C(=O)O)C(C)C)CC1. The van der Waals surface area contributed by atoms with E-state index in [1.807, 2.05) is 26.1 Å². The number of amides is 1. The zero-order valence-electron chi connectivity index (χ0n) is 20.6. The number of aromatic carboxylic acids is 1. The van der Waals surface area contributed by atoms with Crippen molar-refractivity contribution in [2.45, 2.75) is 52.5 Å². The summed E-state index contributed by atoms with van der Waals surface area (Å²) in [5, 5.41) is 19.0. The van der Waals surface area contributed by atoms with E-state index in [4.69, 9.17) is 0 Å². The highest BCUT2D eigenvalue weighted by Crippen LogP contribution is 2.32. The Morgan fingerprint density at radius 2 is 1.86 bits per heavy atom. The molecule has 4 aromatic heterocycles. The highest BCUT2D eigenvalue weighted by molar-refractivity contribution is 6.01. The summed E-state index contributed by atoms with van der Waals surface area (Å²) in [4.78, 5) is 36.0. The molecule has 1 amide bonds. The largest absolute Gasteiger partial charge is 0.477 e. The monoisotopic (exact) mass is 487 g/mol. The lowest BCUT2D eigenvalue weighted by Gasteiger charge is -2.32. The predicted octanol–water partition coefficient (Wildman–Crippen LogP) is 4.24.